The number of benzene rings is 1. The topological polar surface area (TPSA) is 25.8 Å². The minimum absolute atomic E-state index is 0.165. The summed E-state index contributed by atoms with van der Waals surface area (Å²) < 4.78 is 22.5. The monoisotopic (exact) mass is 657 g/mol. The van der Waals surface area contributed by atoms with Crippen LogP contribution in [0, 0.1) is 19.8 Å². The fourth-order valence-corrected chi connectivity index (χ4v) is 9.10. The van der Waals surface area contributed by atoms with E-state index in [1.807, 2.05) is 28.7 Å². The largest absolute Gasteiger partial charge is 0.173 e. The molecule has 0 amide bonds. The van der Waals surface area contributed by atoms with Crippen molar-refractivity contribution in [3.8, 4) is 20.2 Å². The summed E-state index contributed by atoms with van der Waals surface area (Å²) in [5.41, 5.74) is 8.01. The van der Waals surface area contributed by atoms with Gasteiger partial charge in [-0.3, -0.25) is 0 Å². The normalized spacial score (nSPS) is 18.0. The van der Waals surface area contributed by atoms with Gasteiger partial charge in [0.2, 0.25) is 0 Å². The molecule has 4 aromatic rings. The van der Waals surface area contributed by atoms with E-state index in [9.17, 15) is 0 Å². The molecule has 1 aliphatic rings. The first kappa shape index (κ1) is 32.5. The van der Waals surface area contributed by atoms with Crippen molar-refractivity contribution in [1.82, 2.24) is 8.75 Å². The van der Waals surface area contributed by atoms with Crippen LogP contribution < -0.4 is 0 Å². The second-order valence-electron chi connectivity index (χ2n) is 11.3. The van der Waals surface area contributed by atoms with Crippen molar-refractivity contribution in [2.45, 2.75) is 105 Å². The number of rotatable bonds is 11. The molecule has 5 rings (SSSR count). The van der Waals surface area contributed by atoms with Gasteiger partial charge in [-0.2, -0.15) is 8.75 Å². The molecule has 5 unspecified atom stereocenters. The first-order chi connectivity index (χ1) is 21.1. The predicted octanol–water partition coefficient (Wildman–Crippen LogP) is 12.7. The zero-order valence-electron chi connectivity index (χ0n) is 28.3. The van der Waals surface area contributed by atoms with Crippen molar-refractivity contribution < 1.29 is 2.74 Å². The molecule has 8 heteroatoms. The van der Waals surface area contributed by atoms with Crippen molar-refractivity contribution in [2.24, 2.45) is 5.92 Å². The van der Waals surface area contributed by atoms with Gasteiger partial charge >= 0.3 is 0 Å². The van der Waals surface area contributed by atoms with Gasteiger partial charge in [0.25, 0.3) is 0 Å². The molecule has 1 aromatic carbocycles. The molecule has 0 spiro atoms. The molecule has 2 nitrogen and oxygen atoms in total. The van der Waals surface area contributed by atoms with Gasteiger partial charge in [-0.15, -0.1) is 45.7 Å². The molecular formula is C34H49BN2P2S3. The molecule has 0 bridgehead atoms. The van der Waals surface area contributed by atoms with Crippen LogP contribution in [-0.2, 0) is 5.41 Å². The fraction of sp³-hybridized carbons (Fsp3) is 0.529. The molecule has 0 fully saturated rings. The Morgan fingerprint density at radius 3 is 2.36 bits per heavy atom. The van der Waals surface area contributed by atoms with Crippen LogP contribution in [0.15, 0.2) is 36.9 Å². The molecule has 3 heterocycles. The molecule has 42 heavy (non-hydrogen) atoms. The fourth-order valence-electron chi connectivity index (χ4n) is 5.93. The predicted molar refractivity (Wildman–Crippen MR) is 201 cm³/mol. The van der Waals surface area contributed by atoms with E-state index in [0.717, 1.165) is 23.4 Å². The third-order valence-corrected chi connectivity index (χ3v) is 11.0. The van der Waals surface area contributed by atoms with Crippen molar-refractivity contribution >= 4 is 69.4 Å². The lowest BCUT2D eigenvalue weighted by Gasteiger charge is -2.35. The first-order valence-electron chi connectivity index (χ1n) is 16.5. The highest BCUT2D eigenvalue weighted by Gasteiger charge is 2.46. The zero-order valence-corrected chi connectivity index (χ0v) is 30.8. The molecule has 0 aliphatic heterocycles. The van der Waals surface area contributed by atoms with Crippen LogP contribution >= 0.6 is 50.8 Å². The van der Waals surface area contributed by atoms with Gasteiger partial charge in [0.05, 0.1) is 11.7 Å². The number of hydrogen-bond acceptors (Lipinski definition) is 5. The first-order valence-corrected chi connectivity index (χ1v) is 20.8. The van der Waals surface area contributed by atoms with Gasteiger partial charge in [0.15, 0.2) is 0 Å². The van der Waals surface area contributed by atoms with E-state index in [2.05, 4.69) is 85.7 Å². The van der Waals surface area contributed by atoms with E-state index in [1.54, 1.807) is 16.0 Å². The Labute approximate surface area is 275 Å². The van der Waals surface area contributed by atoms with Gasteiger partial charge in [-0.25, -0.2) is 0 Å². The van der Waals surface area contributed by atoms with Crippen molar-refractivity contribution in [2.75, 3.05) is 6.62 Å². The van der Waals surface area contributed by atoms with Gasteiger partial charge < -0.3 is 0 Å². The number of allylic oxidation sites excluding steroid dienone is 1. The summed E-state index contributed by atoms with van der Waals surface area (Å²) in [5.74, 6) is 0.785. The SMILES string of the molecule is C=CCC.CCCCC(CC)CC1(CCCC)c2cc(C)sc2-c2sc(-c3ccc(C)c4nsnc34)cc21.[2H]C([3H])P([B])P. The van der Waals surface area contributed by atoms with Crippen LogP contribution in [0.1, 0.15) is 110 Å². The second-order valence-corrected chi connectivity index (χ2v) is 16.8. The molecule has 5 atom stereocenters. The lowest BCUT2D eigenvalue weighted by atomic mass is 9.68. The van der Waals surface area contributed by atoms with Crippen LogP contribution in [0.2, 0.25) is 0 Å². The number of unbranched alkanes of at least 4 members (excludes halogenated alkanes) is 2. The number of nitrogens with zero attached hydrogens (tertiary/aromatic N) is 2. The summed E-state index contributed by atoms with van der Waals surface area (Å²) in [5, 5.41) is 0. The Morgan fingerprint density at radius 2 is 1.74 bits per heavy atom. The summed E-state index contributed by atoms with van der Waals surface area (Å²) in [7, 11) is 6.42. The van der Waals surface area contributed by atoms with E-state index >= 15 is 0 Å². The summed E-state index contributed by atoms with van der Waals surface area (Å²) in [4.78, 5) is 5.89. The standard InChI is InChI=1S/C29H36N2S3.C4H8.CH5BP2/c1-6-9-11-20(8-3)17-29(14-10-7-2)22-15-19(5)32-27(22)28-23(29)16-24(33-28)21-13-12-18(4)25-26(21)31-34-30-25;1-3-4-2;1-4(2)3/h12-13,15-16,20H,6-11,14,17H2,1-5H3;3H,1,4H2,2H3;3H2,1H3/i;;1TD. The maximum absolute atomic E-state index is 6.58. The highest BCUT2D eigenvalue weighted by Crippen LogP contribution is 2.61. The summed E-state index contributed by atoms with van der Waals surface area (Å²) in [6.45, 7) is 16.2. The average Bonchev–Trinajstić information content (AvgIpc) is 3.79. The Morgan fingerprint density at radius 1 is 1.10 bits per heavy atom. The zero-order chi connectivity index (χ0) is 32.4. The van der Waals surface area contributed by atoms with Crippen LogP contribution in [0.5, 0.6) is 0 Å². The maximum Gasteiger partial charge on any atom is 0.114 e. The third kappa shape index (κ3) is 8.22. The second kappa shape index (κ2) is 17.0. The van der Waals surface area contributed by atoms with Crippen molar-refractivity contribution in [3.63, 3.8) is 0 Å². The minimum atomic E-state index is -0.909. The highest BCUT2D eigenvalue weighted by molar-refractivity contribution is 8.25. The van der Waals surface area contributed by atoms with Crippen LogP contribution in [-0.4, -0.2) is 22.9 Å². The molecule has 0 saturated heterocycles. The summed E-state index contributed by atoms with van der Waals surface area (Å²) >= 11 is 5.33. The highest BCUT2D eigenvalue weighted by atomic mass is 32.1. The van der Waals surface area contributed by atoms with Gasteiger partial charge in [-0.1, -0.05) is 84.4 Å². The Kier molecular flexibility index (Phi) is 13.1. The smallest absolute Gasteiger partial charge is 0.114 e. The average molecular weight is 658 g/mol. The van der Waals surface area contributed by atoms with Crippen molar-refractivity contribution in [1.29, 1.82) is 0 Å². The van der Waals surface area contributed by atoms with E-state index in [0.29, 0.717) is 0 Å². The molecule has 226 valence electrons. The van der Waals surface area contributed by atoms with E-state index in [-0.39, 0.29) is 5.41 Å². The number of thiophene rings is 2. The van der Waals surface area contributed by atoms with Crippen LogP contribution in [0.4, 0.5) is 0 Å². The quantitative estimate of drug-likeness (QED) is 0.0911. The number of aromatic nitrogens is 2. The minimum Gasteiger partial charge on any atom is -0.173 e. The lowest BCUT2D eigenvalue weighted by molar-refractivity contribution is 0.313. The third-order valence-electron chi connectivity index (χ3n) is 8.13. The molecular weight excluding hydrogens is 605 g/mol. The van der Waals surface area contributed by atoms with E-state index in [1.165, 1.54) is 88.9 Å². The molecule has 3 aromatic heterocycles. The van der Waals surface area contributed by atoms with Crippen LogP contribution in [0.3, 0.4) is 0 Å². The molecule has 2 radical (unpaired) electrons. The van der Waals surface area contributed by atoms with Gasteiger partial charge in [0, 0.05) is 33.2 Å². The number of hydrogen-bond donors (Lipinski definition) is 0. The Hall–Kier alpha value is -0.895. The van der Waals surface area contributed by atoms with E-state index < -0.39 is 14.1 Å². The maximum atomic E-state index is 6.58. The molecule has 1 aliphatic carbocycles. The summed E-state index contributed by atoms with van der Waals surface area (Å²) in [6, 6.07) is 9.56. The van der Waals surface area contributed by atoms with Crippen molar-refractivity contribution in [3.05, 3.63) is 58.5 Å². The molecule has 0 N–H and O–H groups in total. The van der Waals surface area contributed by atoms with Gasteiger partial charge in [0.1, 0.15) is 18.6 Å². The molecule has 0 saturated carbocycles. The Bertz CT molecular complexity index is 1480. The van der Waals surface area contributed by atoms with Crippen LogP contribution in [0.25, 0.3) is 31.2 Å². The van der Waals surface area contributed by atoms with Gasteiger partial charge in [-0.05, 0) is 74.5 Å². The number of fused-ring (bicyclic) bond motifs is 4. The summed E-state index contributed by atoms with van der Waals surface area (Å²) in [6.07, 6.45) is 13.3. The lowest BCUT2D eigenvalue weighted by Crippen LogP contribution is -2.28. The van der Waals surface area contributed by atoms with E-state index in [4.69, 9.17) is 14.7 Å². The Balaban J connectivity index is 0.000000461. The number of aryl methyl sites for hydroxylation is 2.